The van der Waals surface area contributed by atoms with E-state index in [1.54, 1.807) is 0 Å². The van der Waals surface area contributed by atoms with Crippen LogP contribution in [0.1, 0.15) is 19.7 Å². The fourth-order valence-electron chi connectivity index (χ4n) is 1.79. The Bertz CT molecular complexity index is 661. The van der Waals surface area contributed by atoms with Crippen molar-refractivity contribution in [1.29, 1.82) is 0 Å². The molecule has 0 radical (unpaired) electrons. The summed E-state index contributed by atoms with van der Waals surface area (Å²) in [6.07, 6.45) is 0.577. The third kappa shape index (κ3) is 1.97. The summed E-state index contributed by atoms with van der Waals surface area (Å²) < 4.78 is 0. The number of H-pyrrole nitrogens is 1. The molecule has 0 atom stereocenters. The molecule has 4 N–H and O–H groups in total. The number of phenols is 3. The molecule has 6 nitrogen and oxygen atoms in total. The normalized spacial score (nSPS) is 11.3. The van der Waals surface area contributed by atoms with Crippen LogP contribution in [-0.2, 0) is 6.42 Å². The van der Waals surface area contributed by atoms with E-state index in [1.165, 1.54) is 0 Å². The second-order valence-corrected chi connectivity index (χ2v) is 4.60. The van der Waals surface area contributed by atoms with Gasteiger partial charge in [-0.25, -0.2) is 4.98 Å². The van der Waals surface area contributed by atoms with Crippen LogP contribution in [0.2, 0.25) is 0 Å². The van der Waals surface area contributed by atoms with Gasteiger partial charge in [-0.05, 0) is 5.92 Å². The zero-order valence-corrected chi connectivity index (χ0v) is 10.1. The highest BCUT2D eigenvalue weighted by atomic mass is 16.3. The van der Waals surface area contributed by atoms with Gasteiger partial charge in [0.2, 0.25) is 5.75 Å². The fraction of sp³-hybridized carbons (Fsp3) is 0.333. The van der Waals surface area contributed by atoms with Crippen LogP contribution in [0.3, 0.4) is 0 Å². The highest BCUT2D eigenvalue weighted by Gasteiger charge is 2.16. The van der Waals surface area contributed by atoms with Crippen LogP contribution in [0.15, 0.2) is 10.9 Å². The molecule has 2 aromatic rings. The van der Waals surface area contributed by atoms with E-state index < -0.39 is 22.8 Å². The monoisotopic (exact) mass is 250 g/mol. The molecule has 96 valence electrons. The van der Waals surface area contributed by atoms with Crippen molar-refractivity contribution in [3.05, 3.63) is 22.2 Å². The zero-order valence-electron chi connectivity index (χ0n) is 10.1. The molecule has 0 unspecified atom stereocenters. The number of nitrogens with one attached hydrogen (secondary N) is 1. The summed E-state index contributed by atoms with van der Waals surface area (Å²) in [4.78, 5) is 18.5. The molecule has 0 aliphatic carbocycles. The van der Waals surface area contributed by atoms with E-state index in [4.69, 9.17) is 0 Å². The molecule has 1 aromatic carbocycles. The van der Waals surface area contributed by atoms with E-state index in [9.17, 15) is 20.1 Å². The van der Waals surface area contributed by atoms with Crippen LogP contribution in [0.5, 0.6) is 17.2 Å². The lowest BCUT2D eigenvalue weighted by molar-refractivity contribution is 0.371. The van der Waals surface area contributed by atoms with Crippen LogP contribution in [0, 0.1) is 5.92 Å². The summed E-state index contributed by atoms with van der Waals surface area (Å²) >= 11 is 0. The number of benzene rings is 1. The van der Waals surface area contributed by atoms with Crippen molar-refractivity contribution < 1.29 is 15.3 Å². The van der Waals surface area contributed by atoms with Gasteiger partial charge in [-0.1, -0.05) is 13.8 Å². The molecule has 6 heteroatoms. The van der Waals surface area contributed by atoms with E-state index in [0.29, 0.717) is 18.2 Å². The zero-order chi connectivity index (χ0) is 13.4. The molecule has 2 rings (SSSR count). The number of aromatic nitrogens is 2. The first-order valence-electron chi connectivity index (χ1n) is 5.57. The van der Waals surface area contributed by atoms with Crippen molar-refractivity contribution in [2.75, 3.05) is 0 Å². The van der Waals surface area contributed by atoms with E-state index in [2.05, 4.69) is 9.97 Å². The number of hydrogen-bond donors (Lipinski definition) is 4. The molecular weight excluding hydrogens is 236 g/mol. The van der Waals surface area contributed by atoms with Gasteiger partial charge in [-0.2, -0.15) is 0 Å². The third-order valence-electron chi connectivity index (χ3n) is 2.58. The Morgan fingerprint density at radius 1 is 1.28 bits per heavy atom. The number of fused-ring (bicyclic) bond motifs is 1. The van der Waals surface area contributed by atoms with Gasteiger partial charge in [0.15, 0.2) is 11.5 Å². The fourth-order valence-corrected chi connectivity index (χ4v) is 1.79. The Morgan fingerprint density at radius 3 is 2.56 bits per heavy atom. The van der Waals surface area contributed by atoms with Gasteiger partial charge in [0.25, 0.3) is 5.56 Å². The number of hydrogen-bond acceptors (Lipinski definition) is 5. The van der Waals surface area contributed by atoms with Crippen molar-refractivity contribution in [3.63, 3.8) is 0 Å². The van der Waals surface area contributed by atoms with Gasteiger partial charge in [0.05, 0.1) is 5.52 Å². The van der Waals surface area contributed by atoms with Gasteiger partial charge in [0.1, 0.15) is 11.2 Å². The van der Waals surface area contributed by atoms with Crippen LogP contribution >= 0.6 is 0 Å². The van der Waals surface area contributed by atoms with Crippen LogP contribution in [-0.4, -0.2) is 25.3 Å². The van der Waals surface area contributed by atoms with Gasteiger partial charge >= 0.3 is 0 Å². The molecule has 0 spiro atoms. The first-order chi connectivity index (χ1) is 8.40. The second kappa shape index (κ2) is 4.21. The van der Waals surface area contributed by atoms with Crippen molar-refractivity contribution in [1.82, 2.24) is 9.97 Å². The molecule has 18 heavy (non-hydrogen) atoms. The minimum Gasteiger partial charge on any atom is -0.504 e. The summed E-state index contributed by atoms with van der Waals surface area (Å²) in [6.45, 7) is 3.96. The number of aromatic hydroxyl groups is 3. The van der Waals surface area contributed by atoms with E-state index in [-0.39, 0.29) is 10.9 Å². The number of phenolic OH excluding ortho intramolecular Hbond substituents is 3. The lowest BCUT2D eigenvalue weighted by Crippen LogP contribution is -2.13. The van der Waals surface area contributed by atoms with E-state index in [0.717, 1.165) is 6.07 Å². The molecule has 0 fully saturated rings. The standard InChI is InChI=1S/C12H14N2O4/c1-5(2)3-8-13-6-4-7(15)10(16)11(17)9(6)12(18)14-8/h4-5,15-17H,3H2,1-2H3,(H,13,14,18). The molecule has 0 aliphatic heterocycles. The van der Waals surface area contributed by atoms with Gasteiger partial charge in [-0.3, -0.25) is 4.79 Å². The minimum atomic E-state index is -0.716. The quantitative estimate of drug-likeness (QED) is 0.600. The molecular formula is C12H14N2O4. The molecule has 0 amide bonds. The Labute approximate surface area is 103 Å². The Balaban J connectivity index is 2.74. The van der Waals surface area contributed by atoms with Gasteiger partial charge < -0.3 is 20.3 Å². The summed E-state index contributed by atoms with van der Waals surface area (Å²) in [5.41, 5.74) is -0.384. The summed E-state index contributed by atoms with van der Waals surface area (Å²) in [5.74, 6) is -1.09. The highest BCUT2D eigenvalue weighted by molar-refractivity contribution is 5.88. The average molecular weight is 250 g/mol. The second-order valence-electron chi connectivity index (χ2n) is 4.60. The smallest absolute Gasteiger partial charge is 0.262 e. The SMILES string of the molecule is CC(C)Cc1nc2cc(O)c(O)c(O)c2c(=O)[nH]1. The van der Waals surface area contributed by atoms with Crippen LogP contribution in [0.4, 0.5) is 0 Å². The molecule has 1 aromatic heterocycles. The topological polar surface area (TPSA) is 106 Å². The molecule has 0 saturated carbocycles. The maximum atomic E-state index is 11.8. The Morgan fingerprint density at radius 2 is 1.94 bits per heavy atom. The van der Waals surface area contributed by atoms with E-state index in [1.807, 2.05) is 13.8 Å². The third-order valence-corrected chi connectivity index (χ3v) is 2.58. The molecule has 0 saturated heterocycles. The first kappa shape index (κ1) is 12.2. The van der Waals surface area contributed by atoms with Gasteiger partial charge in [-0.15, -0.1) is 0 Å². The molecule has 0 bridgehead atoms. The van der Waals surface area contributed by atoms with Crippen molar-refractivity contribution >= 4 is 10.9 Å². The summed E-state index contributed by atoms with van der Waals surface area (Å²) in [7, 11) is 0. The maximum Gasteiger partial charge on any atom is 0.262 e. The number of rotatable bonds is 2. The van der Waals surface area contributed by atoms with Gasteiger partial charge in [0, 0.05) is 12.5 Å². The lowest BCUT2D eigenvalue weighted by Gasteiger charge is -2.08. The minimum absolute atomic E-state index is 0.127. The summed E-state index contributed by atoms with van der Waals surface area (Å²) in [5, 5.41) is 28.3. The molecule has 1 heterocycles. The Kier molecular flexibility index (Phi) is 2.86. The first-order valence-corrected chi connectivity index (χ1v) is 5.57. The number of nitrogens with zero attached hydrogens (tertiary/aromatic N) is 1. The van der Waals surface area contributed by atoms with Crippen LogP contribution < -0.4 is 5.56 Å². The predicted octanol–water partition coefficient (Wildman–Crippen LogP) is 1.24. The van der Waals surface area contributed by atoms with Crippen LogP contribution in [0.25, 0.3) is 10.9 Å². The van der Waals surface area contributed by atoms with Crippen molar-refractivity contribution in [3.8, 4) is 17.2 Å². The number of aromatic amines is 1. The highest BCUT2D eigenvalue weighted by Crippen LogP contribution is 2.38. The summed E-state index contributed by atoms with van der Waals surface area (Å²) in [6, 6.07) is 1.16. The Hall–Kier alpha value is -2.24. The van der Waals surface area contributed by atoms with Crippen molar-refractivity contribution in [2.45, 2.75) is 20.3 Å². The predicted molar refractivity (Wildman–Crippen MR) is 65.9 cm³/mol. The largest absolute Gasteiger partial charge is 0.504 e. The van der Waals surface area contributed by atoms with Crippen molar-refractivity contribution in [2.24, 2.45) is 5.92 Å². The van der Waals surface area contributed by atoms with E-state index >= 15 is 0 Å². The molecule has 0 aliphatic rings. The maximum absolute atomic E-state index is 11.8. The average Bonchev–Trinajstić information content (AvgIpc) is 2.24. The lowest BCUT2D eigenvalue weighted by atomic mass is 10.1.